The molecule has 2 N–H and O–H groups in total. The fourth-order valence-electron chi connectivity index (χ4n) is 1.62. The van der Waals surface area contributed by atoms with E-state index in [1.54, 1.807) is 25.3 Å². The van der Waals surface area contributed by atoms with Crippen LogP contribution in [-0.2, 0) is 11.2 Å². The van der Waals surface area contributed by atoms with Gasteiger partial charge in [-0.05, 0) is 19.9 Å². The molecule has 0 aliphatic carbocycles. The summed E-state index contributed by atoms with van der Waals surface area (Å²) in [6.45, 7) is 3.47. The van der Waals surface area contributed by atoms with Crippen LogP contribution in [0.5, 0.6) is 0 Å². The van der Waals surface area contributed by atoms with E-state index in [0.717, 1.165) is 0 Å². The highest BCUT2D eigenvalue weighted by Crippen LogP contribution is 2.19. The number of aliphatic carboxylic acids is 1. The Hall–Kier alpha value is -2.15. The third-order valence-corrected chi connectivity index (χ3v) is 3.20. The molecule has 0 aliphatic rings. The Labute approximate surface area is 113 Å². The van der Waals surface area contributed by atoms with Crippen molar-refractivity contribution in [2.24, 2.45) is 0 Å². The van der Waals surface area contributed by atoms with Gasteiger partial charge in [-0.25, -0.2) is 4.98 Å². The number of aryl methyl sites for hydroxylation is 2. The lowest BCUT2D eigenvalue weighted by atomic mass is 10.2. The summed E-state index contributed by atoms with van der Waals surface area (Å²) in [4.78, 5) is 26.5. The molecule has 0 spiro atoms. The van der Waals surface area contributed by atoms with Crippen molar-refractivity contribution in [2.45, 2.75) is 20.3 Å². The Morgan fingerprint density at radius 3 is 2.79 bits per heavy atom. The highest BCUT2D eigenvalue weighted by molar-refractivity contribution is 7.14. The van der Waals surface area contributed by atoms with E-state index in [0.29, 0.717) is 27.9 Å². The summed E-state index contributed by atoms with van der Waals surface area (Å²) in [5, 5.41) is 13.2. The first-order valence-corrected chi connectivity index (χ1v) is 6.38. The van der Waals surface area contributed by atoms with Crippen molar-refractivity contribution in [2.75, 3.05) is 5.32 Å². The van der Waals surface area contributed by atoms with Crippen molar-refractivity contribution in [3.8, 4) is 0 Å². The Morgan fingerprint density at radius 2 is 2.21 bits per heavy atom. The molecule has 100 valence electrons. The minimum absolute atomic E-state index is 0.157. The van der Waals surface area contributed by atoms with Gasteiger partial charge in [0.25, 0.3) is 5.91 Å². The lowest BCUT2D eigenvalue weighted by Gasteiger charge is -1.99. The number of carbonyl (C=O) groups excluding carboxylic acids is 1. The Balaban J connectivity index is 2.09. The zero-order valence-corrected chi connectivity index (χ0v) is 11.2. The van der Waals surface area contributed by atoms with E-state index in [2.05, 4.69) is 10.3 Å². The number of aromatic nitrogens is 1. The van der Waals surface area contributed by atoms with Crippen molar-refractivity contribution in [3.05, 3.63) is 34.2 Å². The molecule has 0 radical (unpaired) electrons. The van der Waals surface area contributed by atoms with Crippen LogP contribution < -0.4 is 5.32 Å². The Morgan fingerprint density at radius 1 is 1.47 bits per heavy atom. The highest BCUT2D eigenvalue weighted by Gasteiger charge is 2.15. The summed E-state index contributed by atoms with van der Waals surface area (Å²) in [7, 11) is 0. The zero-order valence-electron chi connectivity index (χ0n) is 10.4. The molecule has 0 atom stereocenters. The van der Waals surface area contributed by atoms with E-state index in [1.165, 1.54) is 11.3 Å². The van der Waals surface area contributed by atoms with E-state index in [4.69, 9.17) is 9.52 Å². The predicted molar refractivity (Wildman–Crippen MR) is 69.6 cm³/mol. The van der Waals surface area contributed by atoms with Crippen molar-refractivity contribution in [1.82, 2.24) is 4.98 Å². The van der Waals surface area contributed by atoms with E-state index in [-0.39, 0.29) is 12.3 Å². The maximum Gasteiger partial charge on any atom is 0.309 e. The number of amides is 1. The third kappa shape index (κ3) is 3.19. The fourth-order valence-corrected chi connectivity index (χ4v) is 2.33. The van der Waals surface area contributed by atoms with Crippen molar-refractivity contribution < 1.29 is 19.1 Å². The van der Waals surface area contributed by atoms with Crippen LogP contribution in [0, 0.1) is 13.8 Å². The smallest absolute Gasteiger partial charge is 0.309 e. The minimum Gasteiger partial charge on any atom is -0.481 e. The van der Waals surface area contributed by atoms with Gasteiger partial charge >= 0.3 is 5.97 Å². The second-order valence-electron chi connectivity index (χ2n) is 4.00. The summed E-state index contributed by atoms with van der Waals surface area (Å²) < 4.78 is 5.28. The number of nitrogens with zero attached hydrogens (tertiary/aromatic N) is 1. The van der Waals surface area contributed by atoms with Crippen LogP contribution in [0.1, 0.15) is 27.6 Å². The number of thiazole rings is 1. The van der Waals surface area contributed by atoms with E-state index in [1.807, 2.05) is 0 Å². The summed E-state index contributed by atoms with van der Waals surface area (Å²) >= 11 is 1.19. The van der Waals surface area contributed by atoms with Crippen LogP contribution >= 0.6 is 11.3 Å². The monoisotopic (exact) mass is 280 g/mol. The van der Waals surface area contributed by atoms with Gasteiger partial charge in [-0.3, -0.25) is 14.9 Å². The lowest BCUT2D eigenvalue weighted by molar-refractivity contribution is -0.136. The van der Waals surface area contributed by atoms with Crippen LogP contribution in [0.25, 0.3) is 0 Å². The van der Waals surface area contributed by atoms with Gasteiger partial charge in [0.15, 0.2) is 5.13 Å². The number of carboxylic acid groups (broad SMARTS) is 1. The molecule has 0 aromatic carbocycles. The maximum atomic E-state index is 12.0. The SMILES string of the molecule is Cc1cc(C(=O)Nc2nc(CC(=O)O)cs2)c(C)o1. The molecular formula is C12H12N2O4S. The molecule has 7 heteroatoms. The number of furan rings is 1. The number of hydrogen-bond donors (Lipinski definition) is 2. The normalized spacial score (nSPS) is 10.4. The Kier molecular flexibility index (Phi) is 3.66. The van der Waals surface area contributed by atoms with Crippen LogP contribution in [-0.4, -0.2) is 22.0 Å². The van der Waals surface area contributed by atoms with Crippen LogP contribution in [0.2, 0.25) is 0 Å². The largest absolute Gasteiger partial charge is 0.481 e. The second-order valence-corrected chi connectivity index (χ2v) is 4.85. The van der Waals surface area contributed by atoms with Gasteiger partial charge in [-0.2, -0.15) is 0 Å². The molecule has 6 nitrogen and oxygen atoms in total. The molecule has 19 heavy (non-hydrogen) atoms. The average molecular weight is 280 g/mol. The molecule has 2 heterocycles. The van der Waals surface area contributed by atoms with Gasteiger partial charge in [-0.1, -0.05) is 0 Å². The summed E-state index contributed by atoms with van der Waals surface area (Å²) in [6, 6.07) is 1.65. The number of hydrogen-bond acceptors (Lipinski definition) is 5. The molecule has 2 rings (SSSR count). The summed E-state index contributed by atoms with van der Waals surface area (Å²) in [5.74, 6) is -0.0688. The molecule has 2 aromatic heterocycles. The minimum atomic E-state index is -0.954. The van der Waals surface area contributed by atoms with Gasteiger partial charge in [0.1, 0.15) is 11.5 Å². The van der Waals surface area contributed by atoms with Crippen molar-refractivity contribution in [3.63, 3.8) is 0 Å². The number of carbonyl (C=O) groups is 2. The summed E-state index contributed by atoms with van der Waals surface area (Å²) in [6.07, 6.45) is -0.157. The molecule has 0 saturated heterocycles. The number of carboxylic acids is 1. The first-order chi connectivity index (χ1) is 8.95. The molecule has 0 aliphatic heterocycles. The van der Waals surface area contributed by atoms with Gasteiger partial charge in [0, 0.05) is 5.38 Å². The number of nitrogens with one attached hydrogen (secondary N) is 1. The molecular weight excluding hydrogens is 268 g/mol. The van der Waals surface area contributed by atoms with Gasteiger partial charge in [0.2, 0.25) is 0 Å². The van der Waals surface area contributed by atoms with Crippen molar-refractivity contribution in [1.29, 1.82) is 0 Å². The van der Waals surface area contributed by atoms with E-state index < -0.39 is 5.97 Å². The van der Waals surface area contributed by atoms with Gasteiger partial charge in [-0.15, -0.1) is 11.3 Å². The maximum absolute atomic E-state index is 12.0. The van der Waals surface area contributed by atoms with Gasteiger partial charge in [0.05, 0.1) is 17.7 Å². The molecule has 2 aromatic rings. The molecule has 0 saturated carbocycles. The topological polar surface area (TPSA) is 92.4 Å². The molecule has 0 fully saturated rings. The lowest BCUT2D eigenvalue weighted by Crippen LogP contribution is -2.12. The van der Waals surface area contributed by atoms with Gasteiger partial charge < -0.3 is 9.52 Å². The quantitative estimate of drug-likeness (QED) is 0.896. The third-order valence-electron chi connectivity index (χ3n) is 2.39. The first-order valence-electron chi connectivity index (χ1n) is 5.50. The number of rotatable bonds is 4. The summed E-state index contributed by atoms with van der Waals surface area (Å²) in [5.41, 5.74) is 0.875. The zero-order chi connectivity index (χ0) is 14.0. The van der Waals surface area contributed by atoms with Crippen molar-refractivity contribution >= 4 is 28.3 Å². The predicted octanol–water partition coefficient (Wildman–Crippen LogP) is 2.23. The van der Waals surface area contributed by atoms with Crippen LogP contribution in [0.15, 0.2) is 15.9 Å². The van der Waals surface area contributed by atoms with Crippen LogP contribution in [0.4, 0.5) is 5.13 Å². The van der Waals surface area contributed by atoms with E-state index >= 15 is 0 Å². The van der Waals surface area contributed by atoms with Crippen LogP contribution in [0.3, 0.4) is 0 Å². The second kappa shape index (κ2) is 5.23. The number of anilines is 1. The first kappa shape index (κ1) is 13.3. The standard InChI is InChI=1S/C12H12N2O4S/c1-6-3-9(7(2)18-6)11(17)14-12-13-8(5-19-12)4-10(15)16/h3,5H,4H2,1-2H3,(H,15,16)(H,13,14,17). The molecule has 0 bridgehead atoms. The fraction of sp³-hybridized carbons (Fsp3) is 0.250. The average Bonchev–Trinajstić information content (AvgIpc) is 2.84. The van der Waals surface area contributed by atoms with E-state index in [9.17, 15) is 9.59 Å². The Bertz CT molecular complexity index is 629. The molecule has 0 unspecified atom stereocenters. The highest BCUT2D eigenvalue weighted by atomic mass is 32.1. The molecule has 1 amide bonds.